The summed E-state index contributed by atoms with van der Waals surface area (Å²) in [5.74, 6) is 1.80. The first-order valence-corrected chi connectivity index (χ1v) is 9.84. The van der Waals surface area contributed by atoms with E-state index in [1.165, 1.54) is 0 Å². The molecule has 1 amide bonds. The average Bonchev–Trinajstić information content (AvgIpc) is 2.69. The second-order valence-electron chi connectivity index (χ2n) is 6.82. The number of benzene rings is 2. The Hall–Kier alpha value is -2.49. The fraction of sp³-hybridized carbons (Fsp3) is 0.435. The van der Waals surface area contributed by atoms with Crippen molar-refractivity contribution in [3.63, 3.8) is 0 Å². The zero-order valence-electron chi connectivity index (χ0n) is 16.8. The fourth-order valence-electron chi connectivity index (χ4n) is 2.67. The maximum Gasteiger partial charge on any atom is 0.265 e. The van der Waals surface area contributed by atoms with Gasteiger partial charge in [-0.05, 0) is 61.6 Å². The van der Waals surface area contributed by atoms with Gasteiger partial charge in [0.1, 0.15) is 11.5 Å². The van der Waals surface area contributed by atoms with Crippen molar-refractivity contribution < 1.29 is 14.3 Å². The van der Waals surface area contributed by atoms with E-state index in [1.807, 2.05) is 42.5 Å². The number of ether oxygens (including phenoxy) is 2. The maximum absolute atomic E-state index is 12.5. The highest BCUT2D eigenvalue weighted by Gasteiger charge is 2.18. The Kier molecular flexibility index (Phi) is 8.18. The molecule has 0 heterocycles. The van der Waals surface area contributed by atoms with Crippen molar-refractivity contribution in [1.82, 2.24) is 0 Å². The van der Waals surface area contributed by atoms with Crippen molar-refractivity contribution in [3.05, 3.63) is 54.1 Å². The number of carbonyl (C=O) groups is 1. The number of anilines is 1. The van der Waals surface area contributed by atoms with Crippen LogP contribution < -0.4 is 14.8 Å². The Labute approximate surface area is 162 Å². The number of unbranched alkanes of at least 4 members (excludes halogenated alkanes) is 1. The van der Waals surface area contributed by atoms with Crippen LogP contribution in [0.25, 0.3) is 0 Å². The van der Waals surface area contributed by atoms with Crippen molar-refractivity contribution in [2.75, 3.05) is 11.9 Å². The van der Waals surface area contributed by atoms with Crippen LogP contribution in [0.4, 0.5) is 5.69 Å². The van der Waals surface area contributed by atoms with Gasteiger partial charge in [0.25, 0.3) is 5.91 Å². The van der Waals surface area contributed by atoms with Crippen molar-refractivity contribution >= 4 is 11.6 Å². The molecule has 2 unspecified atom stereocenters. The molecule has 2 rings (SSSR count). The summed E-state index contributed by atoms with van der Waals surface area (Å²) in [6, 6.07) is 15.4. The third kappa shape index (κ3) is 6.31. The van der Waals surface area contributed by atoms with Crippen LogP contribution in [-0.2, 0) is 4.79 Å². The van der Waals surface area contributed by atoms with Crippen LogP contribution in [0.3, 0.4) is 0 Å². The largest absolute Gasteiger partial charge is 0.494 e. The molecule has 2 aromatic rings. The summed E-state index contributed by atoms with van der Waals surface area (Å²) in [6.45, 7) is 8.92. The molecule has 0 aromatic heterocycles. The molecule has 0 radical (unpaired) electrons. The molecule has 27 heavy (non-hydrogen) atoms. The highest BCUT2D eigenvalue weighted by Crippen LogP contribution is 2.29. The summed E-state index contributed by atoms with van der Waals surface area (Å²) < 4.78 is 11.6. The van der Waals surface area contributed by atoms with Gasteiger partial charge in [-0.1, -0.05) is 45.4 Å². The first-order chi connectivity index (χ1) is 13.0. The second kappa shape index (κ2) is 10.6. The molecule has 2 atom stereocenters. The van der Waals surface area contributed by atoms with Gasteiger partial charge >= 0.3 is 0 Å². The van der Waals surface area contributed by atoms with Gasteiger partial charge in [-0.3, -0.25) is 4.79 Å². The topological polar surface area (TPSA) is 47.6 Å². The maximum atomic E-state index is 12.5. The zero-order valence-corrected chi connectivity index (χ0v) is 16.8. The summed E-state index contributed by atoms with van der Waals surface area (Å²) in [7, 11) is 0. The molecule has 0 aliphatic heterocycles. The molecule has 0 saturated carbocycles. The Balaban J connectivity index is 1.94. The highest BCUT2D eigenvalue weighted by molar-refractivity contribution is 5.94. The quantitative estimate of drug-likeness (QED) is 0.540. The number of nitrogens with one attached hydrogen (secondary N) is 1. The van der Waals surface area contributed by atoms with Gasteiger partial charge in [0, 0.05) is 5.69 Å². The average molecular weight is 370 g/mol. The number of carbonyl (C=O) groups excluding carboxylic acids is 1. The number of para-hydroxylation sites is 1. The minimum atomic E-state index is -0.587. The van der Waals surface area contributed by atoms with Crippen LogP contribution in [0.1, 0.15) is 58.4 Å². The first-order valence-electron chi connectivity index (χ1n) is 9.84. The Morgan fingerprint density at radius 3 is 2.41 bits per heavy atom. The van der Waals surface area contributed by atoms with Gasteiger partial charge in [0.15, 0.2) is 6.10 Å². The molecule has 0 fully saturated rings. The number of amides is 1. The van der Waals surface area contributed by atoms with Gasteiger partial charge in [0.05, 0.1) is 6.61 Å². The fourth-order valence-corrected chi connectivity index (χ4v) is 2.67. The molecule has 146 valence electrons. The summed E-state index contributed by atoms with van der Waals surface area (Å²) in [6.07, 6.45) is 2.57. The Bertz CT molecular complexity index is 712. The molecule has 0 aliphatic rings. The zero-order chi connectivity index (χ0) is 19.6. The van der Waals surface area contributed by atoms with Crippen LogP contribution >= 0.6 is 0 Å². The molecule has 0 spiro atoms. The highest BCUT2D eigenvalue weighted by atomic mass is 16.5. The Morgan fingerprint density at radius 1 is 1.04 bits per heavy atom. The normalized spacial score (nSPS) is 12.9. The summed E-state index contributed by atoms with van der Waals surface area (Å²) in [5.41, 5.74) is 1.86. The van der Waals surface area contributed by atoms with E-state index in [1.54, 1.807) is 6.92 Å². The van der Waals surface area contributed by atoms with Crippen molar-refractivity contribution in [1.29, 1.82) is 0 Å². The smallest absolute Gasteiger partial charge is 0.265 e. The van der Waals surface area contributed by atoms with E-state index < -0.39 is 6.10 Å². The molecule has 4 nitrogen and oxygen atoms in total. The van der Waals surface area contributed by atoms with E-state index in [9.17, 15) is 4.79 Å². The van der Waals surface area contributed by atoms with Crippen LogP contribution in [0.2, 0.25) is 0 Å². The van der Waals surface area contributed by atoms with Crippen molar-refractivity contribution in [2.24, 2.45) is 0 Å². The molecule has 1 N–H and O–H groups in total. The minimum absolute atomic E-state index is 0.173. The lowest BCUT2D eigenvalue weighted by Gasteiger charge is -2.19. The van der Waals surface area contributed by atoms with Gasteiger partial charge in [-0.25, -0.2) is 0 Å². The summed E-state index contributed by atoms with van der Waals surface area (Å²) in [4.78, 5) is 12.5. The number of hydrogen-bond donors (Lipinski definition) is 1. The SMILES string of the molecule is CCCCOc1ccc(NC(=O)C(C)Oc2ccccc2C(C)CC)cc1. The Morgan fingerprint density at radius 2 is 1.74 bits per heavy atom. The summed E-state index contributed by atoms with van der Waals surface area (Å²) >= 11 is 0. The van der Waals surface area contributed by atoms with E-state index in [-0.39, 0.29) is 5.91 Å². The summed E-state index contributed by atoms with van der Waals surface area (Å²) in [5, 5.41) is 2.90. The minimum Gasteiger partial charge on any atom is -0.494 e. The molecule has 0 saturated heterocycles. The van der Waals surface area contributed by atoms with Crippen molar-refractivity contribution in [3.8, 4) is 11.5 Å². The van der Waals surface area contributed by atoms with Crippen molar-refractivity contribution in [2.45, 2.75) is 59.0 Å². The van der Waals surface area contributed by atoms with Gasteiger partial charge < -0.3 is 14.8 Å². The monoisotopic (exact) mass is 369 g/mol. The van der Waals surface area contributed by atoms with Crippen LogP contribution in [0, 0.1) is 0 Å². The van der Waals surface area contributed by atoms with Crippen LogP contribution in [0.5, 0.6) is 11.5 Å². The van der Waals surface area contributed by atoms with Crippen LogP contribution in [-0.4, -0.2) is 18.6 Å². The van der Waals surface area contributed by atoms with Crippen LogP contribution in [0.15, 0.2) is 48.5 Å². The number of hydrogen-bond acceptors (Lipinski definition) is 3. The lowest BCUT2D eigenvalue weighted by atomic mass is 9.98. The number of rotatable bonds is 10. The van der Waals surface area contributed by atoms with E-state index >= 15 is 0 Å². The first kappa shape index (κ1) is 20.8. The van der Waals surface area contributed by atoms with E-state index in [0.29, 0.717) is 12.5 Å². The third-order valence-electron chi connectivity index (χ3n) is 4.62. The van der Waals surface area contributed by atoms with Gasteiger partial charge in [0.2, 0.25) is 0 Å². The second-order valence-corrected chi connectivity index (χ2v) is 6.82. The molecule has 2 aromatic carbocycles. The molecular formula is C23H31NO3. The lowest BCUT2D eigenvalue weighted by Crippen LogP contribution is -2.30. The lowest BCUT2D eigenvalue weighted by molar-refractivity contribution is -0.122. The molecule has 4 heteroatoms. The van der Waals surface area contributed by atoms with E-state index in [2.05, 4.69) is 32.2 Å². The van der Waals surface area contributed by atoms with Gasteiger partial charge in [-0.15, -0.1) is 0 Å². The third-order valence-corrected chi connectivity index (χ3v) is 4.62. The van der Waals surface area contributed by atoms with E-state index in [0.717, 1.165) is 42.0 Å². The van der Waals surface area contributed by atoms with Gasteiger partial charge in [-0.2, -0.15) is 0 Å². The standard InChI is InChI=1S/C23H31NO3/c1-5-7-16-26-20-14-12-19(13-15-20)24-23(25)18(4)27-22-11-9-8-10-21(22)17(3)6-2/h8-15,17-18H,5-7,16H2,1-4H3,(H,24,25). The predicted octanol–water partition coefficient (Wildman–Crippen LogP) is 5.79. The molecule has 0 aliphatic carbocycles. The predicted molar refractivity (Wildman–Crippen MR) is 111 cm³/mol. The van der Waals surface area contributed by atoms with E-state index in [4.69, 9.17) is 9.47 Å². The molecule has 0 bridgehead atoms. The molecular weight excluding hydrogens is 338 g/mol.